The van der Waals surface area contributed by atoms with E-state index in [1.165, 1.54) is 29.2 Å². The average molecular weight is 526 g/mol. The van der Waals surface area contributed by atoms with Gasteiger partial charge in [-0.25, -0.2) is 13.8 Å². The highest BCUT2D eigenvalue weighted by Crippen LogP contribution is 2.40. The number of aromatic nitrogens is 5. The molecule has 0 unspecified atom stereocenters. The normalized spacial score (nSPS) is 12.4. The molecule has 3 heterocycles. The second-order valence-corrected chi connectivity index (χ2v) is 7.89. The van der Waals surface area contributed by atoms with Crippen LogP contribution in [0.5, 0.6) is 0 Å². The van der Waals surface area contributed by atoms with Gasteiger partial charge in [-0.2, -0.15) is 26.3 Å². The molecule has 0 saturated carbocycles. The van der Waals surface area contributed by atoms with E-state index in [-0.39, 0.29) is 35.5 Å². The molecule has 0 aliphatic heterocycles. The molecule has 0 aliphatic rings. The molecule has 5 aromatic rings. The van der Waals surface area contributed by atoms with Crippen LogP contribution in [0.4, 0.5) is 35.1 Å². The predicted molar refractivity (Wildman–Crippen MR) is 110 cm³/mol. The first-order valence-corrected chi connectivity index (χ1v) is 10.3. The van der Waals surface area contributed by atoms with Crippen LogP contribution in [0.2, 0.25) is 0 Å². The van der Waals surface area contributed by atoms with Gasteiger partial charge in [-0.1, -0.05) is 22.0 Å². The summed E-state index contributed by atoms with van der Waals surface area (Å²) < 4.78 is 113. The van der Waals surface area contributed by atoms with Gasteiger partial charge in [0.05, 0.1) is 16.7 Å². The van der Waals surface area contributed by atoms with E-state index >= 15 is 0 Å². The maximum Gasteiger partial charge on any atom is 0.417 e. The minimum Gasteiger partial charge on any atom is -0.354 e. The van der Waals surface area contributed by atoms with E-state index < -0.39 is 40.7 Å². The van der Waals surface area contributed by atoms with Gasteiger partial charge in [0.25, 0.3) is 0 Å². The lowest BCUT2D eigenvalue weighted by Gasteiger charge is -2.14. The number of hydrogen-bond donors (Lipinski definition) is 1. The molecular formula is C23H12F8N5O+. The minimum atomic E-state index is -5.07. The summed E-state index contributed by atoms with van der Waals surface area (Å²) in [6.07, 6.45) is -7.26. The molecule has 3 aromatic heterocycles. The summed E-state index contributed by atoms with van der Waals surface area (Å²) in [6.45, 7) is -0.117. The quantitative estimate of drug-likeness (QED) is 0.233. The zero-order valence-electron chi connectivity index (χ0n) is 18.1. The summed E-state index contributed by atoms with van der Waals surface area (Å²) in [4.78, 5) is 7.01. The number of nitrogens with zero attached hydrogens (tertiary/aromatic N) is 4. The summed E-state index contributed by atoms with van der Waals surface area (Å²) >= 11 is 0. The Morgan fingerprint density at radius 2 is 1.70 bits per heavy atom. The van der Waals surface area contributed by atoms with Crippen LogP contribution in [0, 0.1) is 11.6 Å². The number of imidazole rings is 1. The third-order valence-corrected chi connectivity index (χ3v) is 5.38. The molecule has 0 radical (unpaired) electrons. The highest BCUT2D eigenvalue weighted by Gasteiger charge is 2.39. The first-order valence-electron chi connectivity index (χ1n) is 10.3. The SMILES string of the molecule is Fc1cccc(-c2nc3cn[n+](Cc4cc(-c5ccc(C(F)(F)F)cc5C(F)(F)F)no4)cc3[nH]2)c1F. The predicted octanol–water partition coefficient (Wildman–Crippen LogP) is 5.93. The Balaban J connectivity index is 1.44. The van der Waals surface area contributed by atoms with E-state index in [2.05, 4.69) is 20.2 Å². The molecule has 0 bridgehead atoms. The standard InChI is InChI=1S/C23H11F8N5O/c24-16-3-1-2-14(20(16)25)21-33-18-8-32-36(10-19(18)34-21)9-12-7-17(35-37-12)13-5-4-11(22(26,27)28)6-15(13)23(29,30)31/h1-8,10H,9H2/p+1. The highest BCUT2D eigenvalue weighted by atomic mass is 19.4. The summed E-state index contributed by atoms with van der Waals surface area (Å²) in [5.41, 5.74) is -3.24. The fraction of sp³-hybridized carbons (Fsp3) is 0.130. The molecule has 1 N–H and O–H groups in total. The monoisotopic (exact) mass is 526 g/mol. The van der Waals surface area contributed by atoms with Crippen molar-refractivity contribution in [3.8, 4) is 22.6 Å². The van der Waals surface area contributed by atoms with Crippen molar-refractivity contribution in [3.63, 3.8) is 0 Å². The van der Waals surface area contributed by atoms with Gasteiger partial charge < -0.3 is 9.51 Å². The van der Waals surface area contributed by atoms with Crippen LogP contribution in [0.25, 0.3) is 33.7 Å². The molecule has 190 valence electrons. The number of H-pyrrole nitrogens is 1. The number of fused-ring (bicyclic) bond motifs is 1. The first-order chi connectivity index (χ1) is 17.4. The van der Waals surface area contributed by atoms with Gasteiger partial charge in [0.1, 0.15) is 28.7 Å². The van der Waals surface area contributed by atoms with Gasteiger partial charge in [0.2, 0.25) is 18.5 Å². The lowest BCUT2D eigenvalue weighted by Crippen LogP contribution is -2.37. The lowest BCUT2D eigenvalue weighted by molar-refractivity contribution is -0.746. The minimum absolute atomic E-state index is 0.0190. The van der Waals surface area contributed by atoms with Gasteiger partial charge >= 0.3 is 12.4 Å². The van der Waals surface area contributed by atoms with Gasteiger partial charge in [-0.15, -0.1) is 0 Å². The Morgan fingerprint density at radius 1 is 0.919 bits per heavy atom. The molecule has 0 amide bonds. The van der Waals surface area contributed by atoms with Crippen LogP contribution in [0.1, 0.15) is 16.9 Å². The molecule has 2 aromatic carbocycles. The molecule has 6 nitrogen and oxygen atoms in total. The molecule has 0 aliphatic carbocycles. The first kappa shape index (κ1) is 24.3. The topological polar surface area (TPSA) is 71.5 Å². The highest BCUT2D eigenvalue weighted by molar-refractivity contribution is 5.77. The van der Waals surface area contributed by atoms with Crippen molar-refractivity contribution in [2.24, 2.45) is 0 Å². The van der Waals surface area contributed by atoms with Crippen LogP contribution in [-0.4, -0.2) is 20.2 Å². The number of hydrogen-bond acceptors (Lipinski definition) is 4. The van der Waals surface area contributed by atoms with E-state index in [4.69, 9.17) is 4.52 Å². The molecule has 14 heteroatoms. The molecule has 0 spiro atoms. The largest absolute Gasteiger partial charge is 0.417 e. The van der Waals surface area contributed by atoms with Gasteiger partial charge in [0.15, 0.2) is 11.6 Å². The van der Waals surface area contributed by atoms with E-state index in [1.807, 2.05) is 0 Å². The molecule has 0 fully saturated rings. The van der Waals surface area contributed by atoms with Gasteiger partial charge in [-0.3, -0.25) is 0 Å². The summed E-state index contributed by atoms with van der Waals surface area (Å²) in [6, 6.07) is 6.00. The van der Waals surface area contributed by atoms with Crippen molar-refractivity contribution >= 4 is 11.0 Å². The number of benzene rings is 2. The van der Waals surface area contributed by atoms with Gasteiger partial charge in [-0.05, 0) is 29.4 Å². The maximum absolute atomic E-state index is 14.1. The fourth-order valence-electron chi connectivity index (χ4n) is 3.66. The van der Waals surface area contributed by atoms with Crippen LogP contribution in [0.3, 0.4) is 0 Å². The third kappa shape index (κ3) is 4.73. The van der Waals surface area contributed by atoms with Crippen molar-refractivity contribution in [2.75, 3.05) is 0 Å². The van der Waals surface area contributed by atoms with Gasteiger partial charge in [0, 0.05) is 11.6 Å². The molecule has 5 rings (SSSR count). The zero-order chi connectivity index (χ0) is 26.5. The summed E-state index contributed by atoms with van der Waals surface area (Å²) in [5.74, 6) is -2.03. The zero-order valence-corrected chi connectivity index (χ0v) is 18.1. The number of nitrogens with one attached hydrogen (secondary N) is 1. The van der Waals surface area contributed by atoms with Crippen molar-refractivity contribution < 1.29 is 44.3 Å². The van der Waals surface area contributed by atoms with E-state index in [9.17, 15) is 35.1 Å². The summed E-state index contributed by atoms with van der Waals surface area (Å²) in [5, 5.41) is 7.68. The van der Waals surface area contributed by atoms with Crippen molar-refractivity contribution in [1.29, 1.82) is 0 Å². The van der Waals surface area contributed by atoms with E-state index in [1.54, 1.807) is 0 Å². The smallest absolute Gasteiger partial charge is 0.354 e. The maximum atomic E-state index is 14.1. The fourth-order valence-corrected chi connectivity index (χ4v) is 3.66. The summed E-state index contributed by atoms with van der Waals surface area (Å²) in [7, 11) is 0. The van der Waals surface area contributed by atoms with Crippen molar-refractivity contribution in [3.05, 3.63) is 83.4 Å². The average Bonchev–Trinajstić information content (AvgIpc) is 3.46. The van der Waals surface area contributed by atoms with E-state index in [0.717, 1.165) is 12.1 Å². The second kappa shape index (κ2) is 8.64. The Kier molecular flexibility index (Phi) is 5.68. The van der Waals surface area contributed by atoms with Crippen LogP contribution >= 0.6 is 0 Å². The van der Waals surface area contributed by atoms with E-state index in [0.29, 0.717) is 23.2 Å². The Labute approximate surface area is 201 Å². The van der Waals surface area contributed by atoms with Crippen LogP contribution < -0.4 is 4.68 Å². The van der Waals surface area contributed by atoms with Crippen molar-refractivity contribution in [1.82, 2.24) is 20.2 Å². The van der Waals surface area contributed by atoms with Crippen LogP contribution in [0.15, 0.2) is 59.4 Å². The molecule has 0 saturated heterocycles. The third-order valence-electron chi connectivity index (χ3n) is 5.38. The van der Waals surface area contributed by atoms with Crippen LogP contribution in [-0.2, 0) is 18.9 Å². The number of aromatic amines is 1. The number of alkyl halides is 6. The number of halogens is 8. The Morgan fingerprint density at radius 3 is 2.43 bits per heavy atom. The second-order valence-electron chi connectivity index (χ2n) is 7.89. The Hall–Kier alpha value is -4.36. The number of rotatable bonds is 4. The molecular weight excluding hydrogens is 514 g/mol. The molecule has 37 heavy (non-hydrogen) atoms. The lowest BCUT2D eigenvalue weighted by atomic mass is 10.0. The van der Waals surface area contributed by atoms with Crippen molar-refractivity contribution in [2.45, 2.75) is 18.9 Å². The molecule has 0 atom stereocenters. The Bertz CT molecular complexity index is 1620.